The van der Waals surface area contributed by atoms with Crippen molar-refractivity contribution in [1.82, 2.24) is 5.32 Å². The lowest BCUT2D eigenvalue weighted by atomic mass is 9.92. The normalized spacial score (nSPS) is 20.0. The van der Waals surface area contributed by atoms with E-state index in [9.17, 15) is 0 Å². The Morgan fingerprint density at radius 1 is 1.43 bits per heavy atom. The summed E-state index contributed by atoms with van der Waals surface area (Å²) in [6.07, 6.45) is 7.29. The van der Waals surface area contributed by atoms with E-state index in [1.807, 2.05) is 7.05 Å². The summed E-state index contributed by atoms with van der Waals surface area (Å²) in [6, 6.07) is 0. The summed E-state index contributed by atoms with van der Waals surface area (Å²) in [4.78, 5) is 0. The Kier molecular flexibility index (Phi) is 5.88. The van der Waals surface area contributed by atoms with Gasteiger partial charge in [-0.25, -0.2) is 0 Å². The first-order chi connectivity index (χ1) is 6.83. The molecular weight excluding hydrogens is 174 g/mol. The van der Waals surface area contributed by atoms with Crippen LogP contribution in [0.25, 0.3) is 0 Å². The van der Waals surface area contributed by atoms with Crippen molar-refractivity contribution in [3.63, 3.8) is 0 Å². The number of hydrogen-bond donors (Lipinski definition) is 1. The van der Waals surface area contributed by atoms with Crippen LogP contribution in [-0.4, -0.2) is 26.8 Å². The minimum atomic E-state index is 0.870. The summed E-state index contributed by atoms with van der Waals surface area (Å²) >= 11 is 0. The minimum absolute atomic E-state index is 0.870. The van der Waals surface area contributed by atoms with Gasteiger partial charge in [-0.15, -0.1) is 0 Å². The largest absolute Gasteiger partial charge is 0.381 e. The molecule has 0 amide bonds. The van der Waals surface area contributed by atoms with E-state index in [4.69, 9.17) is 4.74 Å². The van der Waals surface area contributed by atoms with E-state index >= 15 is 0 Å². The molecule has 0 radical (unpaired) electrons. The molecule has 1 aliphatic heterocycles. The zero-order chi connectivity index (χ0) is 10.2. The number of nitrogens with one attached hydrogen (secondary N) is 1. The highest BCUT2D eigenvalue weighted by atomic mass is 16.5. The van der Waals surface area contributed by atoms with Crippen molar-refractivity contribution in [2.24, 2.45) is 5.92 Å². The first kappa shape index (κ1) is 11.7. The Morgan fingerprint density at radius 2 is 2.14 bits per heavy atom. The van der Waals surface area contributed by atoms with Crippen LogP contribution >= 0.6 is 0 Å². The predicted octanol–water partition coefficient (Wildman–Crippen LogP) is 2.36. The Hall–Kier alpha value is -0.340. The van der Waals surface area contributed by atoms with Gasteiger partial charge in [0, 0.05) is 13.2 Å². The van der Waals surface area contributed by atoms with Crippen molar-refractivity contribution in [1.29, 1.82) is 0 Å². The second-order valence-corrected chi connectivity index (χ2v) is 4.20. The third-order valence-corrected chi connectivity index (χ3v) is 2.84. The minimum Gasteiger partial charge on any atom is -0.381 e. The predicted molar refractivity (Wildman–Crippen MR) is 60.5 cm³/mol. The molecule has 2 nitrogen and oxygen atoms in total. The Labute approximate surface area is 87.7 Å². The summed E-state index contributed by atoms with van der Waals surface area (Å²) in [5, 5.41) is 3.16. The molecule has 0 aromatic rings. The van der Waals surface area contributed by atoms with Gasteiger partial charge in [0.2, 0.25) is 0 Å². The van der Waals surface area contributed by atoms with Crippen molar-refractivity contribution in [3.05, 3.63) is 11.6 Å². The van der Waals surface area contributed by atoms with E-state index in [0.29, 0.717) is 0 Å². The van der Waals surface area contributed by atoms with Crippen LogP contribution < -0.4 is 5.32 Å². The molecule has 0 saturated carbocycles. The zero-order valence-electron chi connectivity index (χ0n) is 9.51. The Morgan fingerprint density at radius 3 is 2.79 bits per heavy atom. The molecule has 2 heteroatoms. The van der Waals surface area contributed by atoms with Crippen molar-refractivity contribution in [2.75, 3.05) is 26.8 Å². The number of allylic oxidation sites excluding steroid dienone is 1. The van der Waals surface area contributed by atoms with E-state index in [1.165, 1.54) is 19.3 Å². The van der Waals surface area contributed by atoms with E-state index in [0.717, 1.165) is 32.1 Å². The number of hydrogen-bond acceptors (Lipinski definition) is 2. The topological polar surface area (TPSA) is 21.3 Å². The maximum atomic E-state index is 5.35. The first-order valence-corrected chi connectivity index (χ1v) is 5.71. The molecule has 0 aromatic heterocycles. The van der Waals surface area contributed by atoms with Crippen LogP contribution in [0.15, 0.2) is 11.6 Å². The molecule has 1 N–H and O–H groups in total. The molecule has 1 aliphatic rings. The molecule has 0 aromatic carbocycles. The fraction of sp³-hybridized carbons (Fsp3) is 0.833. The van der Waals surface area contributed by atoms with Gasteiger partial charge in [-0.2, -0.15) is 0 Å². The van der Waals surface area contributed by atoms with Gasteiger partial charge in [0.1, 0.15) is 0 Å². The fourth-order valence-corrected chi connectivity index (χ4v) is 1.95. The summed E-state index contributed by atoms with van der Waals surface area (Å²) in [6.45, 7) is 5.28. The molecule has 1 heterocycles. The summed E-state index contributed by atoms with van der Waals surface area (Å²) in [5.41, 5.74) is 1.55. The Balaban J connectivity index is 2.17. The second-order valence-electron chi connectivity index (χ2n) is 4.20. The molecule has 82 valence electrons. The third-order valence-electron chi connectivity index (χ3n) is 2.84. The van der Waals surface area contributed by atoms with Gasteiger partial charge in [0.05, 0.1) is 0 Å². The molecule has 0 bridgehead atoms. The molecule has 0 atom stereocenters. The maximum absolute atomic E-state index is 5.35. The summed E-state index contributed by atoms with van der Waals surface area (Å²) in [5.74, 6) is 0.870. The van der Waals surface area contributed by atoms with E-state index in [-0.39, 0.29) is 0 Å². The molecule has 14 heavy (non-hydrogen) atoms. The van der Waals surface area contributed by atoms with Gasteiger partial charge in [0.25, 0.3) is 0 Å². The van der Waals surface area contributed by atoms with Gasteiger partial charge in [-0.3, -0.25) is 0 Å². The monoisotopic (exact) mass is 197 g/mol. The quantitative estimate of drug-likeness (QED) is 0.539. The zero-order valence-corrected chi connectivity index (χ0v) is 9.51. The highest BCUT2D eigenvalue weighted by Crippen LogP contribution is 2.22. The lowest BCUT2D eigenvalue weighted by molar-refractivity contribution is 0.0665. The van der Waals surface area contributed by atoms with Gasteiger partial charge >= 0.3 is 0 Å². The van der Waals surface area contributed by atoms with Crippen LogP contribution in [-0.2, 0) is 4.74 Å². The molecular formula is C12H23NO. The third kappa shape index (κ3) is 4.77. The first-order valence-electron chi connectivity index (χ1n) is 5.71. The number of ether oxygens (including phenoxy) is 1. The van der Waals surface area contributed by atoms with Crippen molar-refractivity contribution < 1.29 is 4.74 Å². The average Bonchev–Trinajstić information content (AvgIpc) is 2.20. The van der Waals surface area contributed by atoms with Crippen LogP contribution in [0.4, 0.5) is 0 Å². The fourth-order valence-electron chi connectivity index (χ4n) is 1.95. The average molecular weight is 197 g/mol. The summed E-state index contributed by atoms with van der Waals surface area (Å²) in [7, 11) is 2.00. The molecule has 0 unspecified atom stereocenters. The molecule has 1 rings (SSSR count). The smallest absolute Gasteiger partial charge is 0.0468 e. The molecule has 1 fully saturated rings. The number of rotatable bonds is 5. The van der Waals surface area contributed by atoms with Crippen LogP contribution in [0.2, 0.25) is 0 Å². The van der Waals surface area contributed by atoms with Crippen LogP contribution in [0.1, 0.15) is 32.6 Å². The lowest BCUT2D eigenvalue weighted by Gasteiger charge is -2.22. The van der Waals surface area contributed by atoms with Crippen molar-refractivity contribution in [2.45, 2.75) is 32.6 Å². The molecule has 0 spiro atoms. The second kappa shape index (κ2) is 7.02. The van der Waals surface area contributed by atoms with Crippen molar-refractivity contribution >= 4 is 0 Å². The SMILES string of the molecule is CNCCC=C(C)CC1CCOCC1. The highest BCUT2D eigenvalue weighted by Gasteiger charge is 2.13. The van der Waals surface area contributed by atoms with Crippen LogP contribution in [0.5, 0.6) is 0 Å². The lowest BCUT2D eigenvalue weighted by Crippen LogP contribution is -2.15. The molecule has 0 aliphatic carbocycles. The van der Waals surface area contributed by atoms with Crippen LogP contribution in [0.3, 0.4) is 0 Å². The van der Waals surface area contributed by atoms with Gasteiger partial charge < -0.3 is 10.1 Å². The highest BCUT2D eigenvalue weighted by molar-refractivity contribution is 4.99. The van der Waals surface area contributed by atoms with Gasteiger partial charge in [-0.1, -0.05) is 11.6 Å². The molecule has 1 saturated heterocycles. The van der Waals surface area contributed by atoms with E-state index in [2.05, 4.69) is 18.3 Å². The van der Waals surface area contributed by atoms with Gasteiger partial charge in [-0.05, 0) is 52.1 Å². The van der Waals surface area contributed by atoms with Crippen LogP contribution in [0, 0.1) is 5.92 Å². The van der Waals surface area contributed by atoms with E-state index < -0.39 is 0 Å². The Bertz CT molecular complexity index is 171. The standard InChI is InChI=1S/C12H23NO/c1-11(4-3-7-13-2)10-12-5-8-14-9-6-12/h4,12-13H,3,5-10H2,1-2H3. The maximum Gasteiger partial charge on any atom is 0.0468 e. The van der Waals surface area contributed by atoms with Gasteiger partial charge in [0.15, 0.2) is 0 Å². The van der Waals surface area contributed by atoms with Crippen molar-refractivity contribution in [3.8, 4) is 0 Å². The van der Waals surface area contributed by atoms with E-state index in [1.54, 1.807) is 5.57 Å². The summed E-state index contributed by atoms with van der Waals surface area (Å²) < 4.78 is 5.35.